The van der Waals surface area contributed by atoms with Crippen molar-refractivity contribution in [3.63, 3.8) is 0 Å². The lowest BCUT2D eigenvalue weighted by Crippen LogP contribution is -2.46. The van der Waals surface area contributed by atoms with E-state index in [4.69, 9.17) is 4.74 Å². The first-order valence-electron chi connectivity index (χ1n) is 10.9. The molecule has 0 spiro atoms. The van der Waals surface area contributed by atoms with Crippen LogP contribution in [0.2, 0.25) is 0 Å². The molecule has 0 saturated carbocycles. The molecule has 32 heavy (non-hydrogen) atoms. The first kappa shape index (κ1) is 22.2. The van der Waals surface area contributed by atoms with Crippen LogP contribution in [0.15, 0.2) is 24.3 Å². The van der Waals surface area contributed by atoms with Gasteiger partial charge in [0.1, 0.15) is 23.7 Å². The Hall–Kier alpha value is -3.03. The van der Waals surface area contributed by atoms with Crippen LogP contribution in [0.5, 0.6) is 11.5 Å². The van der Waals surface area contributed by atoms with E-state index in [1.807, 2.05) is 0 Å². The smallest absolute Gasteiger partial charge is 0.198 e. The summed E-state index contributed by atoms with van der Waals surface area (Å²) in [5.74, 6) is -2.46. The Balaban J connectivity index is 1.67. The van der Waals surface area contributed by atoms with Gasteiger partial charge in [-0.1, -0.05) is 44.0 Å². The number of fused-ring (bicyclic) bond motifs is 3. The molecule has 0 bridgehead atoms. The number of ether oxygens (including phenoxy) is 1. The lowest BCUT2D eigenvalue weighted by atomic mass is 9.73. The van der Waals surface area contributed by atoms with E-state index < -0.39 is 28.7 Å². The van der Waals surface area contributed by atoms with Gasteiger partial charge < -0.3 is 20.1 Å². The molecule has 2 aromatic carbocycles. The third-order valence-electron chi connectivity index (χ3n) is 6.43. The summed E-state index contributed by atoms with van der Waals surface area (Å²) >= 11 is 0. The fraction of sp³-hybridized carbons (Fsp3) is 0.400. The van der Waals surface area contributed by atoms with Crippen molar-refractivity contribution < 1.29 is 34.4 Å². The summed E-state index contributed by atoms with van der Waals surface area (Å²) in [4.78, 5) is 38.7. The minimum atomic E-state index is -1.78. The first-order valence-corrected chi connectivity index (χ1v) is 10.9. The Labute approximate surface area is 185 Å². The maximum Gasteiger partial charge on any atom is 0.198 e. The maximum absolute atomic E-state index is 13.1. The molecule has 0 unspecified atom stereocenters. The molecule has 7 nitrogen and oxygen atoms in total. The number of hydrogen-bond donors (Lipinski definition) is 3. The van der Waals surface area contributed by atoms with E-state index in [1.54, 1.807) is 12.1 Å². The number of benzene rings is 2. The number of ketones is 3. The molecule has 0 aromatic heterocycles. The number of hydrogen-bond acceptors (Lipinski definition) is 7. The van der Waals surface area contributed by atoms with E-state index in [1.165, 1.54) is 12.1 Å². The molecule has 2 aliphatic rings. The molecule has 0 aliphatic heterocycles. The van der Waals surface area contributed by atoms with E-state index in [-0.39, 0.29) is 65.0 Å². The van der Waals surface area contributed by atoms with Crippen molar-refractivity contribution in [3.8, 4) is 11.5 Å². The summed E-state index contributed by atoms with van der Waals surface area (Å²) in [5, 5.41) is 32.9. The summed E-state index contributed by atoms with van der Waals surface area (Å²) in [6.07, 6.45) is 2.65. The van der Waals surface area contributed by atoms with Crippen molar-refractivity contribution in [2.24, 2.45) is 0 Å². The van der Waals surface area contributed by atoms with Crippen molar-refractivity contribution in [1.82, 2.24) is 0 Å². The van der Waals surface area contributed by atoms with Crippen LogP contribution in [0, 0.1) is 0 Å². The van der Waals surface area contributed by atoms with Crippen LogP contribution < -0.4 is 0 Å². The third kappa shape index (κ3) is 3.51. The van der Waals surface area contributed by atoms with Crippen LogP contribution in [0.1, 0.15) is 75.6 Å². The van der Waals surface area contributed by atoms with Crippen molar-refractivity contribution in [2.45, 2.75) is 51.0 Å². The number of carbonyl (C=O) groups excluding carboxylic acids is 3. The Kier molecular flexibility index (Phi) is 5.88. The van der Waals surface area contributed by atoms with Gasteiger partial charge in [-0.3, -0.25) is 14.4 Å². The van der Waals surface area contributed by atoms with Gasteiger partial charge in [0.05, 0.1) is 11.1 Å². The molecule has 0 amide bonds. The molecule has 168 valence electrons. The number of Topliss-reactive ketones (excluding diaryl/α,β-unsaturated/α-hetero) is 1. The van der Waals surface area contributed by atoms with Gasteiger partial charge in [0, 0.05) is 35.3 Å². The van der Waals surface area contributed by atoms with E-state index in [2.05, 4.69) is 6.92 Å². The minimum absolute atomic E-state index is 0.0155. The number of aromatic hydroxyl groups is 2. The van der Waals surface area contributed by atoms with E-state index in [0.29, 0.717) is 6.61 Å². The molecule has 3 N–H and O–H groups in total. The van der Waals surface area contributed by atoms with Gasteiger partial charge in [-0.25, -0.2) is 0 Å². The Morgan fingerprint density at radius 1 is 1.00 bits per heavy atom. The SMILES string of the molecule is CCCCCOCC(=O)[C@@]1(O)CCc2c(O)c3c(c(O)c2C1)C(=O)c1ccccc1C3=O. The Bertz CT molecular complexity index is 1120. The monoisotopic (exact) mass is 438 g/mol. The molecule has 2 aliphatic carbocycles. The lowest BCUT2D eigenvalue weighted by molar-refractivity contribution is -0.143. The van der Waals surface area contributed by atoms with Crippen LogP contribution in [0.25, 0.3) is 0 Å². The highest BCUT2D eigenvalue weighted by atomic mass is 16.5. The molecule has 7 heteroatoms. The van der Waals surface area contributed by atoms with E-state index in [9.17, 15) is 29.7 Å². The highest BCUT2D eigenvalue weighted by Crippen LogP contribution is 2.47. The van der Waals surface area contributed by atoms with Crippen molar-refractivity contribution in [3.05, 3.63) is 57.6 Å². The van der Waals surface area contributed by atoms with Gasteiger partial charge in [0.25, 0.3) is 0 Å². The average molecular weight is 438 g/mol. The number of phenols is 2. The zero-order valence-corrected chi connectivity index (χ0v) is 17.9. The molecule has 0 saturated heterocycles. The van der Waals surface area contributed by atoms with Crippen LogP contribution in [-0.2, 0) is 22.4 Å². The second-order valence-corrected chi connectivity index (χ2v) is 8.50. The highest BCUT2D eigenvalue weighted by Gasteiger charge is 2.44. The van der Waals surface area contributed by atoms with Gasteiger partial charge in [0.2, 0.25) is 0 Å². The second kappa shape index (κ2) is 8.48. The maximum atomic E-state index is 13.1. The van der Waals surface area contributed by atoms with E-state index >= 15 is 0 Å². The van der Waals surface area contributed by atoms with Crippen molar-refractivity contribution in [2.75, 3.05) is 13.2 Å². The van der Waals surface area contributed by atoms with Crippen LogP contribution in [0.4, 0.5) is 0 Å². The number of aliphatic hydroxyl groups is 1. The first-order chi connectivity index (χ1) is 15.3. The van der Waals surface area contributed by atoms with Crippen molar-refractivity contribution >= 4 is 17.3 Å². The molecule has 4 rings (SSSR count). The van der Waals surface area contributed by atoms with Gasteiger partial charge in [-0.15, -0.1) is 0 Å². The number of unbranched alkanes of at least 4 members (excludes halogenated alkanes) is 2. The zero-order valence-electron chi connectivity index (χ0n) is 17.9. The molecule has 1 atom stereocenters. The number of carbonyl (C=O) groups is 3. The van der Waals surface area contributed by atoms with Crippen LogP contribution >= 0.6 is 0 Å². The summed E-state index contributed by atoms with van der Waals surface area (Å²) in [5.41, 5.74) is -1.57. The lowest BCUT2D eigenvalue weighted by Gasteiger charge is -2.34. The van der Waals surface area contributed by atoms with E-state index in [0.717, 1.165) is 19.3 Å². The normalized spacial score (nSPS) is 19.3. The van der Waals surface area contributed by atoms with Gasteiger partial charge in [-0.2, -0.15) is 0 Å². The Morgan fingerprint density at radius 2 is 1.59 bits per heavy atom. The second-order valence-electron chi connectivity index (χ2n) is 8.50. The summed E-state index contributed by atoms with van der Waals surface area (Å²) < 4.78 is 5.40. The molecular weight excluding hydrogens is 412 g/mol. The zero-order chi connectivity index (χ0) is 23.0. The minimum Gasteiger partial charge on any atom is -0.507 e. The Morgan fingerprint density at radius 3 is 2.19 bits per heavy atom. The standard InChI is InChI=1S/C25H26O7/c1-2-3-6-11-32-13-18(26)25(31)10-9-16-17(12-25)24(30)20-19(23(16)29)21(27)14-7-4-5-8-15(14)22(20)28/h4-5,7-8,29-31H,2-3,6,9-13H2,1H3/t25-/m1/s1. The fourth-order valence-electron chi connectivity index (χ4n) is 4.58. The van der Waals surface area contributed by atoms with Crippen LogP contribution in [-0.4, -0.2) is 51.5 Å². The summed E-state index contributed by atoms with van der Waals surface area (Å²) in [6, 6.07) is 6.24. The van der Waals surface area contributed by atoms with Crippen molar-refractivity contribution in [1.29, 1.82) is 0 Å². The predicted octanol–water partition coefficient (Wildman–Crippen LogP) is 2.87. The average Bonchev–Trinajstić information content (AvgIpc) is 2.79. The topological polar surface area (TPSA) is 121 Å². The number of rotatable bonds is 7. The largest absolute Gasteiger partial charge is 0.507 e. The summed E-state index contributed by atoms with van der Waals surface area (Å²) in [6.45, 7) is 2.23. The van der Waals surface area contributed by atoms with Crippen LogP contribution in [0.3, 0.4) is 0 Å². The molecule has 0 heterocycles. The third-order valence-corrected chi connectivity index (χ3v) is 6.43. The fourth-order valence-corrected chi connectivity index (χ4v) is 4.58. The van der Waals surface area contributed by atoms with Gasteiger partial charge in [0.15, 0.2) is 17.3 Å². The molecular formula is C25H26O7. The molecule has 0 radical (unpaired) electrons. The molecule has 0 fully saturated rings. The summed E-state index contributed by atoms with van der Waals surface area (Å²) in [7, 11) is 0. The quantitative estimate of drug-likeness (QED) is 0.383. The predicted molar refractivity (Wildman–Crippen MR) is 115 cm³/mol. The highest BCUT2D eigenvalue weighted by molar-refractivity contribution is 6.30. The molecule has 2 aromatic rings. The van der Waals surface area contributed by atoms with Gasteiger partial charge in [-0.05, 0) is 19.3 Å². The van der Waals surface area contributed by atoms with Gasteiger partial charge >= 0.3 is 0 Å². The number of phenolic OH excluding ortho intramolecular Hbond substituents is 2.